The van der Waals surface area contributed by atoms with Gasteiger partial charge >= 0.3 is 11.8 Å². The number of piperazine rings is 1. The molecule has 1 aliphatic rings. The minimum absolute atomic E-state index is 0.0610. The summed E-state index contributed by atoms with van der Waals surface area (Å²) in [6.45, 7) is 10.9. The van der Waals surface area contributed by atoms with Crippen molar-refractivity contribution in [2.45, 2.75) is 19.9 Å². The average molecular weight is 483 g/mol. The van der Waals surface area contributed by atoms with Gasteiger partial charge in [-0.1, -0.05) is 19.9 Å². The van der Waals surface area contributed by atoms with Gasteiger partial charge in [0.05, 0.1) is 13.2 Å². The second-order valence-corrected chi connectivity index (χ2v) is 8.52. The zero-order valence-electron chi connectivity index (χ0n) is 21.1. The Morgan fingerprint density at radius 3 is 2.31 bits per heavy atom. The molecule has 9 heteroatoms. The number of methoxy groups -OCH3 is 1. The van der Waals surface area contributed by atoms with Gasteiger partial charge in [-0.05, 0) is 49.0 Å². The molecule has 9 nitrogen and oxygen atoms in total. The molecule has 2 N–H and O–H groups in total. The first-order valence-corrected chi connectivity index (χ1v) is 12.4. The first-order valence-electron chi connectivity index (χ1n) is 12.4. The zero-order valence-corrected chi connectivity index (χ0v) is 21.1. The lowest BCUT2D eigenvalue weighted by Crippen LogP contribution is -2.51. The van der Waals surface area contributed by atoms with Gasteiger partial charge in [-0.25, -0.2) is 0 Å². The molecule has 0 spiro atoms. The van der Waals surface area contributed by atoms with E-state index in [1.54, 1.807) is 13.3 Å². The topological polar surface area (TPSA) is 90.0 Å². The molecule has 2 heterocycles. The number of nitrogens with zero attached hydrogens (tertiary/aromatic N) is 4. The third kappa shape index (κ3) is 7.66. The number of rotatable bonds is 11. The van der Waals surface area contributed by atoms with Gasteiger partial charge < -0.3 is 25.2 Å². The highest BCUT2D eigenvalue weighted by molar-refractivity contribution is 6.35. The van der Waals surface area contributed by atoms with Crippen LogP contribution >= 0.6 is 0 Å². The van der Waals surface area contributed by atoms with E-state index in [1.807, 2.05) is 30.5 Å². The minimum atomic E-state index is -0.602. The Balaban J connectivity index is 1.55. The summed E-state index contributed by atoms with van der Waals surface area (Å²) in [6.07, 6.45) is 3.57. The molecule has 0 saturated carbocycles. The Bertz CT molecular complexity index is 912. The van der Waals surface area contributed by atoms with Gasteiger partial charge in [0.1, 0.15) is 5.75 Å². The molecule has 1 aromatic carbocycles. The number of hydrogen-bond donors (Lipinski definition) is 2. The predicted molar refractivity (Wildman–Crippen MR) is 138 cm³/mol. The fourth-order valence-corrected chi connectivity index (χ4v) is 4.33. The maximum atomic E-state index is 12.5. The summed E-state index contributed by atoms with van der Waals surface area (Å²) in [6, 6.07) is 12.0. The number of aromatic nitrogens is 1. The van der Waals surface area contributed by atoms with E-state index in [1.165, 1.54) is 0 Å². The fourth-order valence-electron chi connectivity index (χ4n) is 4.33. The Kier molecular flexibility index (Phi) is 10.3. The molecule has 2 aromatic rings. The second-order valence-electron chi connectivity index (χ2n) is 8.52. The van der Waals surface area contributed by atoms with Crippen LogP contribution in [0.25, 0.3) is 0 Å². The van der Waals surface area contributed by atoms with Gasteiger partial charge in [-0.3, -0.25) is 19.5 Å². The van der Waals surface area contributed by atoms with Gasteiger partial charge in [0, 0.05) is 63.9 Å². The van der Waals surface area contributed by atoms with Crippen LogP contribution in [0.5, 0.6) is 5.75 Å². The molecule has 0 radical (unpaired) electrons. The SMILES string of the molecule is CCN(CC)CCNC(=O)C(=O)NCC(c1cccnc1)N1CCN(c2ccc(OC)cc2)CC1. The van der Waals surface area contributed by atoms with Crippen molar-refractivity contribution >= 4 is 17.5 Å². The van der Waals surface area contributed by atoms with Crippen LogP contribution in [0.3, 0.4) is 0 Å². The third-order valence-corrected chi connectivity index (χ3v) is 6.53. The Morgan fingerprint density at radius 2 is 1.71 bits per heavy atom. The third-order valence-electron chi connectivity index (χ3n) is 6.53. The molecule has 190 valence electrons. The molecular formula is C26H38N6O3. The quantitative estimate of drug-likeness (QED) is 0.470. The van der Waals surface area contributed by atoms with Gasteiger partial charge in [0.15, 0.2) is 0 Å². The number of ether oxygens (including phenoxy) is 1. The Hall–Kier alpha value is -3.17. The Labute approximate surface area is 208 Å². The summed E-state index contributed by atoms with van der Waals surface area (Å²) in [5, 5.41) is 5.56. The smallest absolute Gasteiger partial charge is 0.309 e. The van der Waals surface area contributed by atoms with Crippen molar-refractivity contribution in [3.05, 3.63) is 54.4 Å². The van der Waals surface area contributed by atoms with Crippen LogP contribution in [0.2, 0.25) is 0 Å². The van der Waals surface area contributed by atoms with Crippen LogP contribution < -0.4 is 20.3 Å². The number of carbonyl (C=O) groups is 2. The summed E-state index contributed by atoms with van der Waals surface area (Å²) in [4.78, 5) is 35.9. The van der Waals surface area contributed by atoms with E-state index in [-0.39, 0.29) is 6.04 Å². The van der Waals surface area contributed by atoms with Crippen LogP contribution in [0.1, 0.15) is 25.5 Å². The van der Waals surface area contributed by atoms with E-state index in [2.05, 4.69) is 56.3 Å². The number of likely N-dealkylation sites (N-methyl/N-ethyl adjacent to an activating group) is 1. The van der Waals surface area contributed by atoms with Gasteiger partial charge in [-0.2, -0.15) is 0 Å². The van der Waals surface area contributed by atoms with Crippen molar-refractivity contribution in [2.24, 2.45) is 0 Å². The number of hydrogen-bond acceptors (Lipinski definition) is 7. The summed E-state index contributed by atoms with van der Waals surface area (Å²) in [7, 11) is 1.67. The minimum Gasteiger partial charge on any atom is -0.497 e. The van der Waals surface area contributed by atoms with E-state index in [4.69, 9.17) is 4.74 Å². The van der Waals surface area contributed by atoms with Crippen molar-refractivity contribution < 1.29 is 14.3 Å². The zero-order chi connectivity index (χ0) is 25.0. The lowest BCUT2D eigenvalue weighted by Gasteiger charge is -2.40. The van der Waals surface area contributed by atoms with Crippen molar-refractivity contribution in [2.75, 3.05) is 70.9 Å². The lowest BCUT2D eigenvalue weighted by atomic mass is 10.1. The van der Waals surface area contributed by atoms with Crippen LogP contribution in [0.4, 0.5) is 5.69 Å². The summed E-state index contributed by atoms with van der Waals surface area (Å²) in [5.41, 5.74) is 2.19. The predicted octanol–water partition coefficient (Wildman–Crippen LogP) is 1.53. The highest BCUT2D eigenvalue weighted by atomic mass is 16.5. The molecule has 35 heavy (non-hydrogen) atoms. The van der Waals surface area contributed by atoms with E-state index in [0.29, 0.717) is 13.1 Å². The second kappa shape index (κ2) is 13.7. The maximum Gasteiger partial charge on any atom is 0.309 e. The van der Waals surface area contributed by atoms with Gasteiger partial charge in [0.25, 0.3) is 0 Å². The van der Waals surface area contributed by atoms with Crippen molar-refractivity contribution in [3.63, 3.8) is 0 Å². The van der Waals surface area contributed by atoms with Crippen molar-refractivity contribution in [1.82, 2.24) is 25.4 Å². The van der Waals surface area contributed by atoms with Crippen molar-refractivity contribution in [1.29, 1.82) is 0 Å². The molecule has 1 saturated heterocycles. The summed E-state index contributed by atoms with van der Waals surface area (Å²) < 4.78 is 5.26. The number of benzene rings is 1. The van der Waals surface area contributed by atoms with Crippen LogP contribution in [-0.4, -0.2) is 92.6 Å². The van der Waals surface area contributed by atoms with Crippen molar-refractivity contribution in [3.8, 4) is 5.75 Å². The van der Waals surface area contributed by atoms with E-state index in [9.17, 15) is 9.59 Å². The first-order chi connectivity index (χ1) is 17.0. The molecule has 1 unspecified atom stereocenters. The summed E-state index contributed by atoms with van der Waals surface area (Å²) >= 11 is 0. The highest BCUT2D eigenvalue weighted by Gasteiger charge is 2.26. The molecule has 2 amide bonds. The molecule has 0 bridgehead atoms. The molecule has 1 atom stereocenters. The molecule has 1 fully saturated rings. The first kappa shape index (κ1) is 26.4. The van der Waals surface area contributed by atoms with Crippen LogP contribution in [0.15, 0.2) is 48.8 Å². The molecular weight excluding hydrogens is 444 g/mol. The van der Waals surface area contributed by atoms with Crippen LogP contribution in [-0.2, 0) is 9.59 Å². The number of pyridine rings is 1. The Morgan fingerprint density at radius 1 is 1.03 bits per heavy atom. The largest absolute Gasteiger partial charge is 0.497 e. The normalized spacial score (nSPS) is 15.0. The van der Waals surface area contributed by atoms with Crippen LogP contribution in [0, 0.1) is 0 Å². The summed E-state index contributed by atoms with van der Waals surface area (Å²) in [5.74, 6) is -0.349. The number of carbonyl (C=O) groups excluding carboxylic acids is 2. The average Bonchev–Trinajstić information content (AvgIpc) is 2.92. The highest BCUT2D eigenvalue weighted by Crippen LogP contribution is 2.25. The molecule has 0 aliphatic carbocycles. The van der Waals surface area contributed by atoms with E-state index < -0.39 is 11.8 Å². The maximum absolute atomic E-state index is 12.5. The standard InChI is InChI=1S/C26H38N6O3/c1-4-30(5-2)14-13-28-25(33)26(34)29-20-24(21-7-6-12-27-19-21)32-17-15-31(16-18-32)22-8-10-23(35-3)11-9-22/h6-12,19,24H,4-5,13-18,20H2,1-3H3,(H,28,33)(H,29,34). The molecule has 3 rings (SSSR count). The number of nitrogens with one attached hydrogen (secondary N) is 2. The number of anilines is 1. The monoisotopic (exact) mass is 482 g/mol. The van der Waals surface area contributed by atoms with E-state index >= 15 is 0 Å². The molecule has 1 aromatic heterocycles. The lowest BCUT2D eigenvalue weighted by molar-refractivity contribution is -0.139. The van der Waals surface area contributed by atoms with Gasteiger partial charge in [-0.15, -0.1) is 0 Å². The van der Waals surface area contributed by atoms with Gasteiger partial charge in [0.2, 0.25) is 0 Å². The van der Waals surface area contributed by atoms with E-state index in [0.717, 1.165) is 62.8 Å². The molecule has 1 aliphatic heterocycles. The number of amides is 2. The fraction of sp³-hybridized carbons (Fsp3) is 0.500.